The second-order valence-electron chi connectivity index (χ2n) is 6.86. The van der Waals surface area contributed by atoms with Crippen LogP contribution in [0.4, 0.5) is 10.5 Å². The van der Waals surface area contributed by atoms with E-state index in [1.54, 1.807) is 4.90 Å². The molecule has 2 aliphatic rings. The fourth-order valence-electron chi connectivity index (χ4n) is 3.71. The lowest BCUT2D eigenvalue weighted by atomic mass is 10.0. The van der Waals surface area contributed by atoms with Gasteiger partial charge in [0.25, 0.3) is 0 Å². The number of hydrogen-bond donors (Lipinski definition) is 0. The second kappa shape index (κ2) is 7.96. The molecule has 0 radical (unpaired) electrons. The van der Waals surface area contributed by atoms with Crippen LogP contribution in [0, 0.1) is 0 Å². The van der Waals surface area contributed by atoms with Gasteiger partial charge in [-0.05, 0) is 31.0 Å². The molecule has 2 aliphatic heterocycles. The molecule has 1 amide bonds. The number of cyclic esters (lactones) is 1. The van der Waals surface area contributed by atoms with Gasteiger partial charge in [-0.25, -0.2) is 13.2 Å². The third-order valence-corrected chi connectivity index (χ3v) is 8.55. The first-order chi connectivity index (χ1) is 13.8. The summed E-state index contributed by atoms with van der Waals surface area (Å²) in [7, 11) is -3.84. The zero-order valence-electron chi connectivity index (χ0n) is 15.1. The van der Waals surface area contributed by atoms with Crippen molar-refractivity contribution in [3.8, 4) is 0 Å². The van der Waals surface area contributed by atoms with E-state index in [9.17, 15) is 13.2 Å². The first-order valence-electron chi connectivity index (χ1n) is 8.98. The largest absolute Gasteiger partial charge is 0.444 e. The summed E-state index contributed by atoms with van der Waals surface area (Å²) in [6.45, 7) is 0.736. The molecule has 2 aromatic rings. The summed E-state index contributed by atoms with van der Waals surface area (Å²) in [6, 6.07) is 10.2. The number of hydrogen-bond acceptors (Lipinski definition) is 4. The summed E-state index contributed by atoms with van der Waals surface area (Å²) in [5, 5.41) is 0.114. The molecule has 10 heteroatoms. The number of halogens is 3. The van der Waals surface area contributed by atoms with Gasteiger partial charge < -0.3 is 4.74 Å². The van der Waals surface area contributed by atoms with Crippen molar-refractivity contribution in [1.29, 1.82) is 0 Å². The van der Waals surface area contributed by atoms with Gasteiger partial charge in [-0.15, -0.1) is 0 Å². The van der Waals surface area contributed by atoms with Gasteiger partial charge in [0.2, 0.25) is 10.0 Å². The molecule has 1 fully saturated rings. The molecule has 2 aromatic carbocycles. The van der Waals surface area contributed by atoms with Gasteiger partial charge in [0.05, 0.1) is 20.8 Å². The minimum absolute atomic E-state index is 0.0111. The van der Waals surface area contributed by atoms with Crippen molar-refractivity contribution in [1.82, 2.24) is 4.31 Å². The number of para-hydroxylation sites is 1. The van der Waals surface area contributed by atoms with Crippen LogP contribution in [0.15, 0.2) is 41.3 Å². The fraction of sp³-hybridized carbons (Fsp3) is 0.316. The Morgan fingerprint density at radius 1 is 0.966 bits per heavy atom. The molecule has 2 heterocycles. The van der Waals surface area contributed by atoms with Crippen molar-refractivity contribution < 1.29 is 17.9 Å². The third-order valence-electron chi connectivity index (χ3n) is 5.21. The number of sulfonamides is 1. The Bertz CT molecular complexity index is 1070. The van der Waals surface area contributed by atoms with Crippen LogP contribution in [-0.4, -0.2) is 37.9 Å². The molecule has 154 valence electrons. The normalized spacial score (nSPS) is 18.4. The minimum atomic E-state index is -3.84. The number of benzene rings is 2. The fourth-order valence-corrected chi connectivity index (χ4v) is 6.13. The zero-order valence-corrected chi connectivity index (χ0v) is 18.2. The summed E-state index contributed by atoms with van der Waals surface area (Å²) < 4.78 is 32.7. The number of fused-ring (bicyclic) bond motifs is 1. The van der Waals surface area contributed by atoms with Crippen molar-refractivity contribution in [2.75, 3.05) is 18.0 Å². The van der Waals surface area contributed by atoms with Gasteiger partial charge in [-0.1, -0.05) is 53.0 Å². The number of rotatable bonds is 3. The predicted molar refractivity (Wildman–Crippen MR) is 112 cm³/mol. The first kappa shape index (κ1) is 20.8. The predicted octanol–water partition coefficient (Wildman–Crippen LogP) is 4.96. The number of amides is 1. The highest BCUT2D eigenvalue weighted by molar-refractivity contribution is 7.89. The standard InChI is InChI=1S/C19H17Cl3N2O4S/c20-14-5-6-16(18(22)17(14)21)29(26,27)23-9-7-13(8-10-23)24-15-4-2-1-3-12(15)11-28-19(24)25/h1-6,13H,7-11H2. The van der Waals surface area contributed by atoms with Crippen molar-refractivity contribution >= 4 is 56.6 Å². The number of anilines is 1. The Hall–Kier alpha value is -1.51. The average Bonchev–Trinajstić information content (AvgIpc) is 2.72. The van der Waals surface area contributed by atoms with Gasteiger partial charge >= 0.3 is 6.09 Å². The smallest absolute Gasteiger partial charge is 0.414 e. The quantitative estimate of drug-likeness (QED) is 0.589. The van der Waals surface area contributed by atoms with Crippen LogP contribution in [0.1, 0.15) is 18.4 Å². The van der Waals surface area contributed by atoms with E-state index in [0.717, 1.165) is 11.3 Å². The van der Waals surface area contributed by atoms with E-state index in [1.165, 1.54) is 16.4 Å². The van der Waals surface area contributed by atoms with Crippen molar-refractivity contribution in [3.05, 3.63) is 57.0 Å². The lowest BCUT2D eigenvalue weighted by Crippen LogP contribution is -2.50. The maximum Gasteiger partial charge on any atom is 0.414 e. The van der Waals surface area contributed by atoms with Crippen LogP contribution in [0.5, 0.6) is 0 Å². The lowest BCUT2D eigenvalue weighted by molar-refractivity contribution is 0.136. The summed E-state index contributed by atoms with van der Waals surface area (Å²) in [5.74, 6) is 0. The van der Waals surface area contributed by atoms with E-state index in [4.69, 9.17) is 39.5 Å². The van der Waals surface area contributed by atoms with Gasteiger partial charge in [-0.3, -0.25) is 4.90 Å². The topological polar surface area (TPSA) is 66.9 Å². The number of piperidine rings is 1. The Kier molecular flexibility index (Phi) is 5.70. The highest BCUT2D eigenvalue weighted by Crippen LogP contribution is 2.37. The average molecular weight is 476 g/mol. The molecule has 0 aliphatic carbocycles. The molecule has 29 heavy (non-hydrogen) atoms. The Balaban J connectivity index is 1.54. The lowest BCUT2D eigenvalue weighted by Gasteiger charge is -2.39. The molecule has 1 saturated heterocycles. The van der Waals surface area contributed by atoms with Crippen LogP contribution in [0.25, 0.3) is 0 Å². The van der Waals surface area contributed by atoms with Gasteiger partial charge in [0, 0.05) is 24.7 Å². The number of carbonyl (C=O) groups excluding carboxylic acids is 1. The van der Waals surface area contributed by atoms with Crippen LogP contribution in [0.2, 0.25) is 15.1 Å². The molecule has 4 rings (SSSR count). The zero-order chi connectivity index (χ0) is 20.8. The van der Waals surface area contributed by atoms with E-state index < -0.39 is 16.1 Å². The van der Waals surface area contributed by atoms with E-state index in [0.29, 0.717) is 12.8 Å². The number of carbonyl (C=O) groups is 1. The summed E-state index contributed by atoms with van der Waals surface area (Å²) in [5.41, 5.74) is 1.75. The van der Waals surface area contributed by atoms with Crippen LogP contribution < -0.4 is 4.90 Å². The van der Waals surface area contributed by atoms with Crippen molar-refractivity contribution in [3.63, 3.8) is 0 Å². The van der Waals surface area contributed by atoms with E-state index in [-0.39, 0.29) is 45.7 Å². The number of ether oxygens (including phenoxy) is 1. The summed E-state index contributed by atoms with van der Waals surface area (Å²) in [6.07, 6.45) is 0.543. The first-order valence-corrected chi connectivity index (χ1v) is 11.6. The molecule has 0 spiro atoms. The van der Waals surface area contributed by atoms with Crippen molar-refractivity contribution in [2.45, 2.75) is 30.4 Å². The molecule has 0 unspecified atom stereocenters. The molecular formula is C19H17Cl3N2O4S. The summed E-state index contributed by atoms with van der Waals surface area (Å²) in [4.78, 5) is 14.0. The maximum absolute atomic E-state index is 13.1. The van der Waals surface area contributed by atoms with Crippen LogP contribution in [0.3, 0.4) is 0 Å². The minimum Gasteiger partial charge on any atom is -0.444 e. The van der Waals surface area contributed by atoms with Crippen LogP contribution in [-0.2, 0) is 21.4 Å². The second-order valence-corrected chi connectivity index (χ2v) is 9.93. The Morgan fingerprint density at radius 2 is 1.66 bits per heavy atom. The molecule has 6 nitrogen and oxygen atoms in total. The summed E-state index contributed by atoms with van der Waals surface area (Å²) >= 11 is 18.1. The molecule has 0 bridgehead atoms. The van der Waals surface area contributed by atoms with E-state index in [1.807, 2.05) is 24.3 Å². The van der Waals surface area contributed by atoms with Gasteiger partial charge in [-0.2, -0.15) is 4.31 Å². The highest BCUT2D eigenvalue weighted by atomic mass is 35.5. The van der Waals surface area contributed by atoms with Gasteiger partial charge in [0.15, 0.2) is 0 Å². The molecular weight excluding hydrogens is 459 g/mol. The molecule has 0 aromatic heterocycles. The monoisotopic (exact) mass is 474 g/mol. The van der Waals surface area contributed by atoms with E-state index in [2.05, 4.69) is 0 Å². The maximum atomic E-state index is 13.1. The van der Waals surface area contributed by atoms with Crippen molar-refractivity contribution in [2.24, 2.45) is 0 Å². The molecule has 0 saturated carbocycles. The SMILES string of the molecule is O=C1OCc2ccccc2N1C1CCN(S(=O)(=O)c2ccc(Cl)c(Cl)c2Cl)CC1. The highest BCUT2D eigenvalue weighted by Gasteiger charge is 2.37. The Labute approximate surface area is 183 Å². The van der Waals surface area contributed by atoms with Gasteiger partial charge in [0.1, 0.15) is 11.5 Å². The molecule has 0 atom stereocenters. The number of nitrogens with zero attached hydrogens (tertiary/aromatic N) is 2. The Morgan fingerprint density at radius 3 is 2.38 bits per heavy atom. The van der Waals surface area contributed by atoms with E-state index >= 15 is 0 Å². The van der Waals surface area contributed by atoms with Crippen LogP contribution >= 0.6 is 34.8 Å². The molecule has 0 N–H and O–H groups in total. The third kappa shape index (κ3) is 3.70.